The minimum absolute atomic E-state index is 0.132. The van der Waals surface area contributed by atoms with Gasteiger partial charge in [0, 0.05) is 24.2 Å². The molecule has 8 unspecified atom stereocenters. The molecule has 4 aromatic carbocycles. The number of hydrogen-bond donors (Lipinski definition) is 4. The lowest BCUT2D eigenvalue weighted by atomic mass is 9.54. The van der Waals surface area contributed by atoms with Crippen LogP contribution in [0, 0.1) is 13.8 Å². The summed E-state index contributed by atoms with van der Waals surface area (Å²) in [5, 5.41) is 13.7. The second kappa shape index (κ2) is 10.9. The summed E-state index contributed by atoms with van der Waals surface area (Å²) < 4.78 is 0. The molecule has 10 nitrogen and oxygen atoms in total. The molecule has 6 heterocycles. The van der Waals surface area contributed by atoms with E-state index >= 15 is 0 Å². The van der Waals surface area contributed by atoms with Gasteiger partial charge in [-0.15, -0.1) is 0 Å². The van der Waals surface area contributed by atoms with Crippen LogP contribution in [0.3, 0.4) is 0 Å². The average molecular weight is 693 g/mol. The number of aryl methyl sites for hydroxylation is 2. The highest BCUT2D eigenvalue weighted by molar-refractivity contribution is 6.01. The lowest BCUT2D eigenvalue weighted by Gasteiger charge is -2.48. The van der Waals surface area contributed by atoms with Crippen LogP contribution in [0.5, 0.6) is 0 Å². The quantitative estimate of drug-likeness (QED) is 0.253. The van der Waals surface area contributed by atoms with Crippen LogP contribution >= 0.6 is 0 Å². The van der Waals surface area contributed by atoms with Crippen LogP contribution < -0.4 is 21.3 Å². The van der Waals surface area contributed by atoms with Crippen LogP contribution in [0.15, 0.2) is 97.1 Å². The molecule has 262 valence electrons. The molecule has 4 saturated heterocycles. The Morgan fingerprint density at radius 1 is 0.538 bits per heavy atom. The van der Waals surface area contributed by atoms with Crippen molar-refractivity contribution in [1.82, 2.24) is 20.4 Å². The van der Waals surface area contributed by atoms with Gasteiger partial charge in [0.2, 0.25) is 23.6 Å². The third-order valence-corrected chi connectivity index (χ3v) is 12.9. The fourth-order valence-electron chi connectivity index (χ4n) is 10.6. The molecule has 10 rings (SSSR count). The average Bonchev–Trinajstić information content (AvgIpc) is 3.86. The Balaban J connectivity index is 1.11. The number of amides is 4. The molecule has 0 spiro atoms. The van der Waals surface area contributed by atoms with E-state index in [1.54, 1.807) is 9.80 Å². The SMILES string of the molecule is Cc1ccc(CC2NC(=O)C3CC4(C56CC7C(=O)NC(Cc8ccc(C)cc8)C(=O)N7C5Nc5ccccc56)c5ccccc5NC4N3C2=O)cc1. The van der Waals surface area contributed by atoms with Crippen LogP contribution in [-0.4, -0.2) is 69.9 Å². The fraction of sp³-hybridized carbons (Fsp3) is 0.333. The summed E-state index contributed by atoms with van der Waals surface area (Å²) in [4.78, 5) is 61.5. The molecule has 6 aliphatic heterocycles. The molecular weight excluding hydrogens is 652 g/mol. The number of hydrogen-bond acceptors (Lipinski definition) is 6. The Morgan fingerprint density at radius 2 is 0.923 bits per heavy atom. The van der Waals surface area contributed by atoms with Crippen molar-refractivity contribution in [2.45, 2.75) is 86.9 Å². The van der Waals surface area contributed by atoms with Crippen molar-refractivity contribution < 1.29 is 19.2 Å². The normalized spacial score (nSPS) is 32.1. The van der Waals surface area contributed by atoms with Crippen molar-refractivity contribution in [3.8, 4) is 0 Å². The Kier molecular flexibility index (Phi) is 6.54. The molecule has 4 amide bonds. The highest BCUT2D eigenvalue weighted by Gasteiger charge is 2.78. The molecule has 6 aliphatic rings. The first kappa shape index (κ1) is 31.1. The van der Waals surface area contributed by atoms with E-state index in [1.807, 2.05) is 98.8 Å². The zero-order valence-corrected chi connectivity index (χ0v) is 29.1. The molecule has 52 heavy (non-hydrogen) atoms. The zero-order valence-electron chi connectivity index (χ0n) is 29.1. The maximum atomic E-state index is 14.7. The Morgan fingerprint density at radius 3 is 1.33 bits per heavy atom. The van der Waals surface area contributed by atoms with Gasteiger partial charge in [0.15, 0.2) is 0 Å². The Bertz CT molecular complexity index is 2030. The Labute approximate surface area is 302 Å². The number of rotatable bonds is 5. The monoisotopic (exact) mass is 692 g/mol. The molecule has 4 N–H and O–H groups in total. The Hall–Kier alpha value is -5.64. The molecule has 10 heteroatoms. The molecule has 0 aromatic heterocycles. The van der Waals surface area contributed by atoms with Crippen LogP contribution in [-0.2, 0) is 42.8 Å². The van der Waals surface area contributed by atoms with Crippen LogP contribution in [0.25, 0.3) is 0 Å². The zero-order chi connectivity index (χ0) is 35.5. The summed E-state index contributed by atoms with van der Waals surface area (Å²) in [6.07, 6.45) is 0.259. The number of anilines is 2. The lowest BCUT2D eigenvalue weighted by molar-refractivity contribution is -0.149. The van der Waals surface area contributed by atoms with E-state index in [1.165, 1.54) is 0 Å². The van der Waals surface area contributed by atoms with E-state index in [9.17, 15) is 19.2 Å². The molecule has 8 atom stereocenters. The number of benzene rings is 4. The van der Waals surface area contributed by atoms with Crippen molar-refractivity contribution in [1.29, 1.82) is 0 Å². The van der Waals surface area contributed by atoms with Crippen LogP contribution in [0.2, 0.25) is 0 Å². The summed E-state index contributed by atoms with van der Waals surface area (Å²) >= 11 is 0. The van der Waals surface area contributed by atoms with Gasteiger partial charge in [-0.3, -0.25) is 19.2 Å². The summed E-state index contributed by atoms with van der Waals surface area (Å²) in [6, 6.07) is 29.4. The summed E-state index contributed by atoms with van der Waals surface area (Å²) in [7, 11) is 0. The van der Waals surface area contributed by atoms with Gasteiger partial charge in [0.05, 0.1) is 10.8 Å². The van der Waals surface area contributed by atoms with Crippen molar-refractivity contribution in [3.05, 3.63) is 130 Å². The largest absolute Gasteiger partial charge is 0.364 e. The van der Waals surface area contributed by atoms with E-state index in [4.69, 9.17) is 0 Å². The molecule has 0 aliphatic carbocycles. The maximum absolute atomic E-state index is 14.7. The smallest absolute Gasteiger partial charge is 0.247 e. The number of piperazine rings is 2. The van der Waals surface area contributed by atoms with Crippen molar-refractivity contribution >= 4 is 35.0 Å². The number of carbonyl (C=O) groups excluding carboxylic acids is 4. The van der Waals surface area contributed by atoms with Crippen molar-refractivity contribution in [2.24, 2.45) is 0 Å². The first-order valence-corrected chi connectivity index (χ1v) is 18.3. The van der Waals surface area contributed by atoms with Crippen molar-refractivity contribution in [3.63, 3.8) is 0 Å². The third kappa shape index (κ3) is 4.06. The minimum atomic E-state index is -0.866. The van der Waals surface area contributed by atoms with Crippen LogP contribution in [0.4, 0.5) is 11.4 Å². The standard InChI is InChI=1S/C42H40N6O4/c1-23-11-15-25(16-12-23)19-31-37(51)47-33(35(49)43-31)21-41(27-7-3-5-9-29(27)45-39(41)47)42-22-34-36(50)44-32(20-26-17-13-24(2)14-18-26)38(52)48(34)40(42)46-30-10-6-4-8-28(30)42/h3-18,31-34,39-40,45-46H,19-22H2,1-2H3,(H,43,49)(H,44,50). The molecule has 0 radical (unpaired) electrons. The van der Waals surface area contributed by atoms with Gasteiger partial charge < -0.3 is 31.1 Å². The topological polar surface area (TPSA) is 123 Å². The molecule has 4 fully saturated rings. The van der Waals surface area contributed by atoms with Gasteiger partial charge in [-0.1, -0.05) is 96.1 Å². The van der Waals surface area contributed by atoms with E-state index in [2.05, 4.69) is 33.4 Å². The predicted octanol–water partition coefficient (Wildman–Crippen LogP) is 3.67. The minimum Gasteiger partial charge on any atom is -0.364 e. The maximum Gasteiger partial charge on any atom is 0.247 e. The molecule has 0 saturated carbocycles. The van der Waals surface area contributed by atoms with Gasteiger partial charge in [0.1, 0.15) is 36.5 Å². The number of nitrogens with zero attached hydrogens (tertiary/aromatic N) is 2. The van der Waals surface area contributed by atoms with E-state index in [-0.39, 0.29) is 23.6 Å². The number of fused-ring (bicyclic) bond motifs is 11. The van der Waals surface area contributed by atoms with Crippen LogP contribution in [0.1, 0.15) is 46.2 Å². The number of carbonyl (C=O) groups is 4. The summed E-state index contributed by atoms with van der Waals surface area (Å²) in [5.74, 6) is -0.626. The van der Waals surface area contributed by atoms with Gasteiger partial charge in [0.25, 0.3) is 0 Å². The van der Waals surface area contributed by atoms with Gasteiger partial charge >= 0.3 is 0 Å². The fourth-order valence-corrected chi connectivity index (χ4v) is 10.6. The summed E-state index contributed by atoms with van der Waals surface area (Å²) in [6.45, 7) is 4.05. The lowest BCUT2D eigenvalue weighted by Crippen LogP contribution is -2.67. The number of nitrogens with one attached hydrogen (secondary N) is 4. The highest BCUT2D eigenvalue weighted by Crippen LogP contribution is 2.68. The first-order chi connectivity index (χ1) is 25.2. The summed E-state index contributed by atoms with van der Waals surface area (Å²) in [5.41, 5.74) is 6.26. The third-order valence-electron chi connectivity index (χ3n) is 12.9. The van der Waals surface area contributed by atoms with Gasteiger partial charge in [-0.2, -0.15) is 0 Å². The predicted molar refractivity (Wildman–Crippen MR) is 195 cm³/mol. The first-order valence-electron chi connectivity index (χ1n) is 18.3. The highest BCUT2D eigenvalue weighted by atomic mass is 16.2. The second-order valence-corrected chi connectivity index (χ2v) is 15.6. The molecule has 0 bridgehead atoms. The van der Waals surface area contributed by atoms with Gasteiger partial charge in [-0.25, -0.2) is 0 Å². The number of para-hydroxylation sites is 2. The van der Waals surface area contributed by atoms with E-state index in [0.717, 1.165) is 44.8 Å². The second-order valence-electron chi connectivity index (χ2n) is 15.6. The van der Waals surface area contributed by atoms with E-state index < -0.39 is 47.3 Å². The van der Waals surface area contributed by atoms with Gasteiger partial charge in [-0.05, 0) is 61.1 Å². The van der Waals surface area contributed by atoms with Crippen molar-refractivity contribution in [2.75, 3.05) is 10.6 Å². The van der Waals surface area contributed by atoms with E-state index in [0.29, 0.717) is 25.7 Å². The molecule has 4 aromatic rings. The molecular formula is C42H40N6O4.